The van der Waals surface area contributed by atoms with Crippen molar-refractivity contribution in [1.82, 2.24) is 9.21 Å². The van der Waals surface area contributed by atoms with Gasteiger partial charge in [0, 0.05) is 50.4 Å². The van der Waals surface area contributed by atoms with Crippen LogP contribution in [0.25, 0.3) is 0 Å². The highest BCUT2D eigenvalue weighted by Gasteiger charge is 2.48. The molecule has 3 N–H and O–H groups in total. The maximum atomic E-state index is 14.0. The molecule has 1 amide bonds. The van der Waals surface area contributed by atoms with Crippen molar-refractivity contribution in [2.75, 3.05) is 57.3 Å². The number of ether oxygens (including phenoxy) is 3. The lowest BCUT2D eigenvalue weighted by atomic mass is 9.84. The van der Waals surface area contributed by atoms with Crippen molar-refractivity contribution in [3.8, 4) is 17.2 Å². The Balaban J connectivity index is 1.47. The summed E-state index contributed by atoms with van der Waals surface area (Å²) in [6.45, 7) is 3.83. The summed E-state index contributed by atoms with van der Waals surface area (Å²) in [5.74, 6) is -1.08. The van der Waals surface area contributed by atoms with Gasteiger partial charge in [-0.05, 0) is 54.7 Å². The average Bonchev–Trinajstić information content (AvgIpc) is 3.72. The number of benzene rings is 2. The SMILES string of the molecule is CCCCN(C(=O)CN1C[C@H](c2cc(OC)c3c(c2)OCO3)C(C(=O)O)[C@@H]1CCN1CCCS1(=O)=O)c1cccc(CN)c1. The summed E-state index contributed by atoms with van der Waals surface area (Å²) < 4.78 is 43.3. The van der Waals surface area contributed by atoms with Crippen molar-refractivity contribution < 1.29 is 37.3 Å². The molecule has 0 spiro atoms. The summed E-state index contributed by atoms with van der Waals surface area (Å²) in [6, 6.07) is 10.6. The Kier molecular flexibility index (Phi) is 9.98. The van der Waals surface area contributed by atoms with E-state index in [1.54, 1.807) is 17.0 Å². The van der Waals surface area contributed by atoms with Gasteiger partial charge in [-0.2, -0.15) is 0 Å². The lowest BCUT2D eigenvalue weighted by molar-refractivity contribution is -0.143. The molecule has 2 saturated heterocycles. The van der Waals surface area contributed by atoms with Crippen LogP contribution in [0.3, 0.4) is 0 Å². The lowest BCUT2D eigenvalue weighted by Gasteiger charge is -2.30. The van der Waals surface area contributed by atoms with E-state index in [2.05, 4.69) is 6.92 Å². The van der Waals surface area contributed by atoms with Crippen LogP contribution in [-0.2, 0) is 26.2 Å². The van der Waals surface area contributed by atoms with E-state index in [0.717, 1.165) is 24.1 Å². The van der Waals surface area contributed by atoms with Gasteiger partial charge in [0.2, 0.25) is 28.5 Å². The van der Waals surface area contributed by atoms with Crippen molar-refractivity contribution in [3.05, 3.63) is 47.5 Å². The number of carboxylic acid groups (broad SMARTS) is 1. The molecule has 44 heavy (non-hydrogen) atoms. The number of sulfonamides is 1. The molecule has 1 unspecified atom stereocenters. The Bertz CT molecular complexity index is 1470. The van der Waals surface area contributed by atoms with Crippen LogP contribution in [0, 0.1) is 5.92 Å². The van der Waals surface area contributed by atoms with E-state index in [-0.39, 0.29) is 44.5 Å². The number of aliphatic carboxylic acids is 1. The molecule has 2 aromatic rings. The third kappa shape index (κ3) is 6.65. The molecule has 12 nitrogen and oxygen atoms in total. The Morgan fingerprint density at radius 3 is 2.70 bits per heavy atom. The Morgan fingerprint density at radius 2 is 2.02 bits per heavy atom. The van der Waals surface area contributed by atoms with Crippen LogP contribution >= 0.6 is 0 Å². The summed E-state index contributed by atoms with van der Waals surface area (Å²) in [5, 5.41) is 10.6. The molecule has 0 aromatic heterocycles. The number of carbonyl (C=O) groups excluding carboxylic acids is 1. The van der Waals surface area contributed by atoms with Gasteiger partial charge in [-0.25, -0.2) is 12.7 Å². The van der Waals surface area contributed by atoms with Gasteiger partial charge in [0.25, 0.3) is 0 Å². The zero-order valence-corrected chi connectivity index (χ0v) is 26.1. The fourth-order valence-corrected chi connectivity index (χ4v) is 8.14. The summed E-state index contributed by atoms with van der Waals surface area (Å²) in [6.07, 6.45) is 2.52. The number of carboxylic acids is 1. The zero-order chi connectivity index (χ0) is 31.4. The van der Waals surface area contributed by atoms with Crippen molar-refractivity contribution in [1.29, 1.82) is 0 Å². The number of rotatable bonds is 13. The first kappa shape index (κ1) is 32.0. The molecule has 3 heterocycles. The predicted molar refractivity (Wildman–Crippen MR) is 165 cm³/mol. The molecule has 0 aliphatic carbocycles. The Morgan fingerprint density at radius 1 is 1.20 bits per heavy atom. The normalized spacial score (nSPS) is 22.8. The number of nitrogens with zero attached hydrogens (tertiary/aromatic N) is 3. The summed E-state index contributed by atoms with van der Waals surface area (Å²) >= 11 is 0. The topological polar surface area (TPSA) is 152 Å². The molecular weight excluding hydrogens is 588 g/mol. The predicted octanol–water partition coefficient (Wildman–Crippen LogP) is 2.61. The number of unbranched alkanes of at least 4 members (excludes halogenated alkanes) is 1. The van der Waals surface area contributed by atoms with Crippen molar-refractivity contribution in [2.24, 2.45) is 11.7 Å². The minimum atomic E-state index is -3.37. The number of amides is 1. The van der Waals surface area contributed by atoms with E-state index in [4.69, 9.17) is 19.9 Å². The van der Waals surface area contributed by atoms with Gasteiger partial charge in [0.1, 0.15) is 0 Å². The van der Waals surface area contributed by atoms with Gasteiger partial charge in [-0.15, -0.1) is 0 Å². The van der Waals surface area contributed by atoms with Crippen LogP contribution in [0.2, 0.25) is 0 Å². The second kappa shape index (κ2) is 13.7. The second-order valence-electron chi connectivity index (χ2n) is 11.6. The number of hydrogen-bond acceptors (Lipinski definition) is 9. The molecule has 2 aromatic carbocycles. The molecule has 3 atom stereocenters. The maximum absolute atomic E-state index is 14.0. The van der Waals surface area contributed by atoms with Crippen LogP contribution in [-0.4, -0.2) is 93.0 Å². The Hall–Kier alpha value is -3.39. The summed E-state index contributed by atoms with van der Waals surface area (Å²) in [7, 11) is -1.86. The number of nitrogens with two attached hydrogens (primary N) is 1. The number of methoxy groups -OCH3 is 1. The third-order valence-corrected chi connectivity index (χ3v) is 10.8. The molecule has 5 rings (SSSR count). The highest BCUT2D eigenvalue weighted by Crippen LogP contribution is 2.47. The molecule has 240 valence electrons. The molecule has 0 bridgehead atoms. The number of hydrogen-bond donors (Lipinski definition) is 2. The largest absolute Gasteiger partial charge is 0.493 e. The number of fused-ring (bicyclic) bond motifs is 1. The second-order valence-corrected chi connectivity index (χ2v) is 13.6. The number of likely N-dealkylation sites (tertiary alicyclic amines) is 1. The van der Waals surface area contributed by atoms with Gasteiger partial charge in [-0.3, -0.25) is 14.5 Å². The van der Waals surface area contributed by atoms with Crippen LogP contribution < -0.4 is 24.8 Å². The van der Waals surface area contributed by atoms with Crippen LogP contribution in [0.5, 0.6) is 17.2 Å². The number of carbonyl (C=O) groups is 2. The molecular formula is C31H42N4O8S. The molecule has 0 radical (unpaired) electrons. The van der Waals surface area contributed by atoms with E-state index in [1.807, 2.05) is 29.2 Å². The minimum absolute atomic E-state index is 0.0179. The molecule has 3 aliphatic rings. The maximum Gasteiger partial charge on any atom is 0.308 e. The van der Waals surface area contributed by atoms with Gasteiger partial charge >= 0.3 is 5.97 Å². The molecule has 2 fully saturated rings. The summed E-state index contributed by atoms with van der Waals surface area (Å²) in [4.78, 5) is 30.6. The summed E-state index contributed by atoms with van der Waals surface area (Å²) in [5.41, 5.74) is 8.23. The highest BCUT2D eigenvalue weighted by atomic mass is 32.2. The van der Waals surface area contributed by atoms with E-state index in [9.17, 15) is 23.1 Å². The first-order valence-corrected chi connectivity index (χ1v) is 16.8. The van der Waals surface area contributed by atoms with Crippen molar-refractivity contribution in [2.45, 2.75) is 51.1 Å². The smallest absolute Gasteiger partial charge is 0.308 e. The first-order valence-electron chi connectivity index (χ1n) is 15.2. The fraction of sp³-hybridized carbons (Fsp3) is 0.548. The van der Waals surface area contributed by atoms with Gasteiger partial charge in [0.15, 0.2) is 11.5 Å². The van der Waals surface area contributed by atoms with E-state index in [1.165, 1.54) is 11.4 Å². The number of anilines is 1. The third-order valence-electron chi connectivity index (χ3n) is 8.85. The van der Waals surface area contributed by atoms with Crippen molar-refractivity contribution >= 4 is 27.6 Å². The zero-order valence-electron chi connectivity index (χ0n) is 25.3. The van der Waals surface area contributed by atoms with Crippen LogP contribution in [0.1, 0.15) is 49.7 Å². The lowest BCUT2D eigenvalue weighted by Crippen LogP contribution is -2.45. The monoisotopic (exact) mass is 630 g/mol. The highest BCUT2D eigenvalue weighted by molar-refractivity contribution is 7.89. The standard InChI is InChI=1S/C31H42N4O8S/c1-3-4-11-35(23-8-5-7-21(14-23)17-32)28(36)19-33-18-24(22-15-26(41-2)30-27(16-22)42-20-43-30)29(31(37)38)25(33)9-12-34-10-6-13-44(34,39)40/h5,7-8,14-16,24-25,29H,3-4,6,9-13,17-20,32H2,1-2H3,(H,37,38)/t24-,25+,29?/m1/s1. The van der Waals surface area contributed by atoms with Gasteiger partial charge < -0.3 is 30.0 Å². The van der Waals surface area contributed by atoms with Gasteiger partial charge in [-0.1, -0.05) is 25.5 Å². The minimum Gasteiger partial charge on any atom is -0.493 e. The molecule has 0 saturated carbocycles. The van der Waals surface area contributed by atoms with Gasteiger partial charge in [0.05, 0.1) is 25.3 Å². The van der Waals surface area contributed by atoms with E-state index >= 15 is 0 Å². The van der Waals surface area contributed by atoms with Crippen molar-refractivity contribution in [3.63, 3.8) is 0 Å². The molecule has 13 heteroatoms. The quantitative estimate of drug-likeness (QED) is 0.338. The van der Waals surface area contributed by atoms with Crippen LogP contribution in [0.4, 0.5) is 5.69 Å². The fourth-order valence-electron chi connectivity index (χ4n) is 6.60. The first-order chi connectivity index (χ1) is 21.2. The van der Waals surface area contributed by atoms with E-state index in [0.29, 0.717) is 48.9 Å². The average molecular weight is 631 g/mol. The van der Waals surface area contributed by atoms with Crippen LogP contribution in [0.15, 0.2) is 36.4 Å². The molecule has 3 aliphatic heterocycles. The van der Waals surface area contributed by atoms with E-state index < -0.39 is 33.9 Å². The Labute approximate surface area is 258 Å².